The summed E-state index contributed by atoms with van der Waals surface area (Å²) >= 11 is 10.7. The molecular formula is C13H12ClF3N4S. The van der Waals surface area contributed by atoms with Gasteiger partial charge >= 0.3 is 6.18 Å². The molecule has 1 aromatic carbocycles. The largest absolute Gasteiger partial charge is 0.418 e. The molecule has 9 heteroatoms. The number of thiocarbonyl (C=S) groups is 1. The van der Waals surface area contributed by atoms with Crippen molar-refractivity contribution in [1.82, 2.24) is 15.1 Å². The number of nitrogens with zero attached hydrogens (tertiary/aromatic N) is 2. The summed E-state index contributed by atoms with van der Waals surface area (Å²) in [6, 6.07) is 5.15. The fraction of sp³-hybridized carbons (Fsp3) is 0.231. The van der Waals surface area contributed by atoms with Crippen molar-refractivity contribution in [3.63, 3.8) is 0 Å². The van der Waals surface area contributed by atoms with Crippen molar-refractivity contribution < 1.29 is 13.2 Å². The van der Waals surface area contributed by atoms with Crippen molar-refractivity contribution in [3.05, 3.63) is 47.2 Å². The van der Waals surface area contributed by atoms with E-state index in [2.05, 4.69) is 15.7 Å². The summed E-state index contributed by atoms with van der Waals surface area (Å²) in [4.78, 5) is 0. The van der Waals surface area contributed by atoms with E-state index in [-0.39, 0.29) is 10.8 Å². The third-order valence-corrected chi connectivity index (χ3v) is 3.15. The van der Waals surface area contributed by atoms with Crippen molar-refractivity contribution in [2.75, 3.05) is 11.9 Å². The summed E-state index contributed by atoms with van der Waals surface area (Å²) in [5, 5.41) is 9.97. The summed E-state index contributed by atoms with van der Waals surface area (Å²) < 4.78 is 40.1. The molecule has 118 valence electrons. The highest BCUT2D eigenvalue weighted by Crippen LogP contribution is 2.34. The lowest BCUT2D eigenvalue weighted by Crippen LogP contribution is -2.32. The van der Waals surface area contributed by atoms with E-state index in [0.717, 1.165) is 6.07 Å². The second kappa shape index (κ2) is 6.97. The Labute approximate surface area is 135 Å². The molecule has 0 aliphatic rings. The minimum absolute atomic E-state index is 0.0883. The third kappa shape index (κ3) is 4.60. The van der Waals surface area contributed by atoms with Gasteiger partial charge in [0.2, 0.25) is 0 Å². The van der Waals surface area contributed by atoms with Crippen LogP contribution in [-0.4, -0.2) is 21.4 Å². The summed E-state index contributed by atoms with van der Waals surface area (Å²) in [5.41, 5.74) is -0.854. The van der Waals surface area contributed by atoms with Gasteiger partial charge in [0.15, 0.2) is 5.11 Å². The van der Waals surface area contributed by atoms with E-state index in [4.69, 9.17) is 23.8 Å². The molecule has 0 saturated carbocycles. The number of hydrogen-bond acceptors (Lipinski definition) is 2. The van der Waals surface area contributed by atoms with Gasteiger partial charge in [-0.15, -0.1) is 0 Å². The first-order valence-corrected chi connectivity index (χ1v) is 7.04. The lowest BCUT2D eigenvalue weighted by molar-refractivity contribution is -0.136. The molecule has 0 saturated heterocycles. The fourth-order valence-electron chi connectivity index (χ4n) is 1.75. The molecule has 0 unspecified atom stereocenters. The van der Waals surface area contributed by atoms with Crippen LogP contribution in [0.2, 0.25) is 5.02 Å². The molecule has 0 atom stereocenters. The molecule has 2 N–H and O–H groups in total. The number of hydrogen-bond donors (Lipinski definition) is 2. The number of aromatic nitrogens is 2. The van der Waals surface area contributed by atoms with E-state index in [1.54, 1.807) is 10.9 Å². The number of para-hydroxylation sites is 1. The summed E-state index contributed by atoms with van der Waals surface area (Å²) in [5.74, 6) is 0. The molecule has 1 aromatic heterocycles. The van der Waals surface area contributed by atoms with Gasteiger partial charge < -0.3 is 10.6 Å². The lowest BCUT2D eigenvalue weighted by atomic mass is 10.2. The number of alkyl halides is 3. The Morgan fingerprint density at radius 3 is 2.68 bits per heavy atom. The molecule has 0 spiro atoms. The summed E-state index contributed by atoms with van der Waals surface area (Å²) in [6.45, 7) is 0.882. The second-order valence-corrected chi connectivity index (χ2v) is 5.19. The second-order valence-electron chi connectivity index (χ2n) is 4.35. The Balaban J connectivity index is 1.90. The van der Waals surface area contributed by atoms with E-state index in [0.29, 0.717) is 18.1 Å². The maximum atomic E-state index is 12.8. The van der Waals surface area contributed by atoms with Crippen LogP contribution in [0, 0.1) is 0 Å². The average molecular weight is 349 g/mol. The van der Waals surface area contributed by atoms with Gasteiger partial charge in [-0.2, -0.15) is 18.3 Å². The Hall–Kier alpha value is -1.80. The monoisotopic (exact) mass is 348 g/mol. The maximum absolute atomic E-state index is 12.8. The summed E-state index contributed by atoms with van der Waals surface area (Å²) in [7, 11) is 0. The van der Waals surface area contributed by atoms with Gasteiger partial charge in [0, 0.05) is 12.7 Å². The minimum atomic E-state index is -4.44. The van der Waals surface area contributed by atoms with Crippen molar-refractivity contribution in [2.24, 2.45) is 0 Å². The Bertz CT molecular complexity index is 657. The minimum Gasteiger partial charge on any atom is -0.361 e. The first-order chi connectivity index (χ1) is 10.4. The molecule has 0 bridgehead atoms. The van der Waals surface area contributed by atoms with Gasteiger partial charge in [0.05, 0.1) is 29.0 Å². The predicted molar refractivity (Wildman–Crippen MR) is 82.9 cm³/mol. The van der Waals surface area contributed by atoms with Crippen LogP contribution in [0.25, 0.3) is 0 Å². The number of anilines is 1. The van der Waals surface area contributed by atoms with E-state index >= 15 is 0 Å². The molecule has 4 nitrogen and oxygen atoms in total. The topological polar surface area (TPSA) is 41.9 Å². The van der Waals surface area contributed by atoms with Crippen LogP contribution in [0.4, 0.5) is 18.9 Å². The van der Waals surface area contributed by atoms with Gasteiger partial charge in [-0.05, 0) is 24.4 Å². The van der Waals surface area contributed by atoms with Crippen LogP contribution in [0.1, 0.15) is 5.56 Å². The van der Waals surface area contributed by atoms with Crippen molar-refractivity contribution in [3.8, 4) is 0 Å². The molecule has 2 aromatic rings. The molecule has 0 amide bonds. The van der Waals surface area contributed by atoms with E-state index in [9.17, 15) is 13.2 Å². The van der Waals surface area contributed by atoms with Gasteiger partial charge in [-0.3, -0.25) is 4.68 Å². The molecule has 0 radical (unpaired) electrons. The molecular weight excluding hydrogens is 337 g/mol. The molecule has 0 aliphatic heterocycles. The van der Waals surface area contributed by atoms with Gasteiger partial charge in [0.25, 0.3) is 0 Å². The van der Waals surface area contributed by atoms with Crippen molar-refractivity contribution in [2.45, 2.75) is 12.7 Å². The fourth-order valence-corrected chi connectivity index (χ4v) is 2.12. The van der Waals surface area contributed by atoms with Crippen LogP contribution in [0.15, 0.2) is 36.7 Å². The first-order valence-electron chi connectivity index (χ1n) is 6.25. The van der Waals surface area contributed by atoms with Crippen LogP contribution in [-0.2, 0) is 12.7 Å². The highest BCUT2D eigenvalue weighted by Gasteiger charge is 2.33. The number of benzene rings is 1. The standard InChI is InChI=1S/C13H12ClF3N4S/c14-9-7-19-21(8-9)6-5-18-12(22)20-11-4-2-1-3-10(11)13(15,16)17/h1-4,7-8H,5-6H2,(H2,18,20,22). The van der Waals surface area contributed by atoms with Crippen LogP contribution in [0.5, 0.6) is 0 Å². The van der Waals surface area contributed by atoms with E-state index in [1.807, 2.05) is 0 Å². The van der Waals surface area contributed by atoms with Gasteiger partial charge in [-0.1, -0.05) is 23.7 Å². The zero-order valence-electron chi connectivity index (χ0n) is 11.2. The van der Waals surface area contributed by atoms with Crippen molar-refractivity contribution in [1.29, 1.82) is 0 Å². The quantitative estimate of drug-likeness (QED) is 0.829. The predicted octanol–water partition coefficient (Wildman–Crippen LogP) is 3.54. The van der Waals surface area contributed by atoms with Crippen LogP contribution < -0.4 is 10.6 Å². The number of nitrogens with one attached hydrogen (secondary N) is 2. The van der Waals surface area contributed by atoms with Crippen LogP contribution in [0.3, 0.4) is 0 Å². The molecule has 22 heavy (non-hydrogen) atoms. The Morgan fingerprint density at radius 1 is 1.32 bits per heavy atom. The Morgan fingerprint density at radius 2 is 2.05 bits per heavy atom. The van der Waals surface area contributed by atoms with E-state index < -0.39 is 11.7 Å². The Kier molecular flexibility index (Phi) is 5.25. The van der Waals surface area contributed by atoms with Crippen molar-refractivity contribution >= 4 is 34.6 Å². The van der Waals surface area contributed by atoms with Gasteiger partial charge in [-0.25, -0.2) is 0 Å². The van der Waals surface area contributed by atoms with E-state index in [1.165, 1.54) is 24.4 Å². The normalized spacial score (nSPS) is 11.3. The highest BCUT2D eigenvalue weighted by atomic mass is 35.5. The zero-order chi connectivity index (χ0) is 16.2. The summed E-state index contributed by atoms with van der Waals surface area (Å²) in [6.07, 6.45) is -1.30. The highest BCUT2D eigenvalue weighted by molar-refractivity contribution is 7.80. The smallest absolute Gasteiger partial charge is 0.361 e. The maximum Gasteiger partial charge on any atom is 0.418 e. The van der Waals surface area contributed by atoms with Gasteiger partial charge in [0.1, 0.15) is 0 Å². The lowest BCUT2D eigenvalue weighted by Gasteiger charge is -2.15. The number of rotatable bonds is 4. The average Bonchev–Trinajstić information content (AvgIpc) is 2.84. The molecule has 0 fully saturated rings. The zero-order valence-corrected chi connectivity index (χ0v) is 12.8. The van der Waals surface area contributed by atoms with Crippen LogP contribution >= 0.6 is 23.8 Å². The SMILES string of the molecule is FC(F)(F)c1ccccc1NC(=S)NCCn1cc(Cl)cn1. The molecule has 0 aliphatic carbocycles. The first kappa shape index (κ1) is 16.6. The molecule has 1 heterocycles. The molecule has 2 rings (SSSR count). The number of halogens is 4. The third-order valence-electron chi connectivity index (χ3n) is 2.71.